The first-order valence-corrected chi connectivity index (χ1v) is 4.89. The van der Waals surface area contributed by atoms with Gasteiger partial charge in [0.2, 0.25) is 0 Å². The molecule has 0 unspecified atom stereocenters. The Balaban J connectivity index is 2.35. The van der Waals surface area contributed by atoms with Gasteiger partial charge in [0.15, 0.2) is 0 Å². The third kappa shape index (κ3) is 5.05. The van der Waals surface area contributed by atoms with Gasteiger partial charge in [-0.25, -0.2) is 0 Å². The molecule has 0 N–H and O–H groups in total. The topological polar surface area (TPSA) is 39.4 Å². The smallest absolute Gasteiger partial charge is 0.310 e. The van der Waals surface area contributed by atoms with Gasteiger partial charge < -0.3 is 9.15 Å². The van der Waals surface area contributed by atoms with Gasteiger partial charge in [0.25, 0.3) is 0 Å². The summed E-state index contributed by atoms with van der Waals surface area (Å²) in [4.78, 5) is 11.3. The third-order valence-electron chi connectivity index (χ3n) is 1.53. The minimum absolute atomic E-state index is 0.231. The molecule has 0 atom stereocenters. The van der Waals surface area contributed by atoms with Crippen LogP contribution in [0.4, 0.5) is 0 Å². The molecule has 1 aromatic rings. The van der Waals surface area contributed by atoms with Crippen molar-refractivity contribution < 1.29 is 13.9 Å². The molecule has 0 saturated carbocycles. The highest BCUT2D eigenvalue weighted by Crippen LogP contribution is 2.09. The number of hydrogen-bond donors (Lipinski definition) is 0. The van der Waals surface area contributed by atoms with Gasteiger partial charge in [-0.2, -0.15) is 0 Å². The van der Waals surface area contributed by atoms with Crippen molar-refractivity contribution in [1.82, 2.24) is 0 Å². The maximum Gasteiger partial charge on any atom is 0.310 e. The maximum absolute atomic E-state index is 11.3. The SMILES string of the molecule is CC(C)(C)OC(=O)C/C=C\c1ccco1. The lowest BCUT2D eigenvalue weighted by atomic mass is 10.2. The average molecular weight is 208 g/mol. The van der Waals surface area contributed by atoms with Crippen LogP contribution in [0, 0.1) is 0 Å². The number of esters is 1. The second kappa shape index (κ2) is 4.82. The molecule has 0 aliphatic heterocycles. The van der Waals surface area contributed by atoms with Crippen molar-refractivity contribution >= 4 is 12.0 Å². The van der Waals surface area contributed by atoms with E-state index in [9.17, 15) is 4.79 Å². The van der Waals surface area contributed by atoms with E-state index < -0.39 is 5.60 Å². The highest BCUT2D eigenvalue weighted by Gasteiger charge is 2.14. The van der Waals surface area contributed by atoms with Crippen LogP contribution in [0.3, 0.4) is 0 Å². The summed E-state index contributed by atoms with van der Waals surface area (Å²) in [6.07, 6.45) is 5.34. The Morgan fingerprint density at radius 1 is 1.53 bits per heavy atom. The van der Waals surface area contributed by atoms with E-state index in [0.717, 1.165) is 5.76 Å². The Bertz CT molecular complexity index is 328. The molecule has 0 radical (unpaired) electrons. The minimum Gasteiger partial charge on any atom is -0.465 e. The van der Waals surface area contributed by atoms with E-state index in [1.807, 2.05) is 26.8 Å². The molecule has 1 rings (SSSR count). The first-order valence-electron chi connectivity index (χ1n) is 4.89. The maximum atomic E-state index is 11.3. The van der Waals surface area contributed by atoms with Crippen molar-refractivity contribution in [3.8, 4) is 0 Å². The Morgan fingerprint density at radius 3 is 2.80 bits per heavy atom. The van der Waals surface area contributed by atoms with Crippen LogP contribution in [-0.4, -0.2) is 11.6 Å². The van der Waals surface area contributed by atoms with Crippen molar-refractivity contribution in [2.24, 2.45) is 0 Å². The molecule has 0 aliphatic carbocycles. The number of rotatable bonds is 3. The van der Waals surface area contributed by atoms with Crippen LogP contribution < -0.4 is 0 Å². The van der Waals surface area contributed by atoms with Crippen LogP contribution >= 0.6 is 0 Å². The normalized spacial score (nSPS) is 11.9. The zero-order valence-electron chi connectivity index (χ0n) is 9.32. The molecule has 15 heavy (non-hydrogen) atoms. The van der Waals surface area contributed by atoms with Gasteiger partial charge in [0.1, 0.15) is 11.4 Å². The van der Waals surface area contributed by atoms with E-state index in [1.165, 1.54) is 0 Å². The van der Waals surface area contributed by atoms with Crippen LogP contribution in [0.15, 0.2) is 28.9 Å². The largest absolute Gasteiger partial charge is 0.465 e. The molecule has 0 aliphatic rings. The Hall–Kier alpha value is -1.51. The second-order valence-corrected chi connectivity index (χ2v) is 4.21. The molecule has 1 heterocycles. The van der Waals surface area contributed by atoms with Crippen LogP contribution in [0.2, 0.25) is 0 Å². The van der Waals surface area contributed by atoms with Gasteiger partial charge >= 0.3 is 5.97 Å². The Labute approximate surface area is 89.7 Å². The molecule has 0 bridgehead atoms. The molecule has 0 aromatic carbocycles. The van der Waals surface area contributed by atoms with E-state index >= 15 is 0 Å². The monoisotopic (exact) mass is 208 g/mol. The first-order chi connectivity index (χ1) is 6.97. The quantitative estimate of drug-likeness (QED) is 0.717. The van der Waals surface area contributed by atoms with Crippen molar-refractivity contribution in [2.45, 2.75) is 32.8 Å². The van der Waals surface area contributed by atoms with Crippen LogP contribution in [0.1, 0.15) is 33.0 Å². The van der Waals surface area contributed by atoms with Crippen molar-refractivity contribution in [2.75, 3.05) is 0 Å². The summed E-state index contributed by atoms with van der Waals surface area (Å²) < 4.78 is 10.2. The fraction of sp³-hybridized carbons (Fsp3) is 0.417. The third-order valence-corrected chi connectivity index (χ3v) is 1.53. The van der Waals surface area contributed by atoms with Crippen molar-refractivity contribution in [3.63, 3.8) is 0 Å². The van der Waals surface area contributed by atoms with E-state index in [2.05, 4.69) is 0 Å². The number of ether oxygens (including phenoxy) is 1. The zero-order chi connectivity index (χ0) is 11.3. The summed E-state index contributed by atoms with van der Waals surface area (Å²) in [7, 11) is 0. The average Bonchev–Trinajstić information content (AvgIpc) is 2.53. The molecule has 82 valence electrons. The minimum atomic E-state index is -0.421. The van der Waals surface area contributed by atoms with Crippen molar-refractivity contribution in [3.05, 3.63) is 30.2 Å². The number of hydrogen-bond acceptors (Lipinski definition) is 3. The number of furan rings is 1. The van der Waals surface area contributed by atoms with E-state index in [-0.39, 0.29) is 12.4 Å². The molecule has 0 saturated heterocycles. The zero-order valence-corrected chi connectivity index (χ0v) is 9.32. The fourth-order valence-corrected chi connectivity index (χ4v) is 1.04. The summed E-state index contributed by atoms with van der Waals surface area (Å²) in [5.41, 5.74) is -0.421. The van der Waals surface area contributed by atoms with Crippen LogP contribution in [-0.2, 0) is 9.53 Å². The Morgan fingerprint density at radius 2 is 2.27 bits per heavy atom. The van der Waals surface area contributed by atoms with E-state index in [0.29, 0.717) is 0 Å². The first kappa shape index (κ1) is 11.6. The predicted molar refractivity (Wildman–Crippen MR) is 58.2 cm³/mol. The number of carbonyl (C=O) groups is 1. The summed E-state index contributed by atoms with van der Waals surface area (Å²) in [6.45, 7) is 5.55. The molecular formula is C12H16O3. The standard InChI is InChI=1S/C12H16O3/c1-12(2,3)15-11(13)8-4-6-10-7-5-9-14-10/h4-7,9H,8H2,1-3H3/b6-4-. The van der Waals surface area contributed by atoms with Gasteiger partial charge in [-0.15, -0.1) is 0 Å². The van der Waals surface area contributed by atoms with E-state index in [4.69, 9.17) is 9.15 Å². The molecule has 1 aromatic heterocycles. The lowest BCUT2D eigenvalue weighted by Crippen LogP contribution is -2.23. The number of carbonyl (C=O) groups excluding carboxylic acids is 1. The molecule has 0 fully saturated rings. The van der Waals surface area contributed by atoms with Gasteiger partial charge in [-0.1, -0.05) is 6.08 Å². The molecule has 3 nitrogen and oxygen atoms in total. The van der Waals surface area contributed by atoms with Gasteiger partial charge in [0, 0.05) is 0 Å². The second-order valence-electron chi connectivity index (χ2n) is 4.21. The molecule has 0 amide bonds. The molecule has 3 heteroatoms. The molecule has 0 spiro atoms. The summed E-state index contributed by atoms with van der Waals surface area (Å²) >= 11 is 0. The summed E-state index contributed by atoms with van der Waals surface area (Å²) in [5, 5.41) is 0. The summed E-state index contributed by atoms with van der Waals surface area (Å²) in [6, 6.07) is 3.62. The molecular weight excluding hydrogens is 192 g/mol. The van der Waals surface area contributed by atoms with Crippen molar-refractivity contribution in [1.29, 1.82) is 0 Å². The highest BCUT2D eigenvalue weighted by molar-refractivity contribution is 5.72. The lowest BCUT2D eigenvalue weighted by Gasteiger charge is -2.18. The fourth-order valence-electron chi connectivity index (χ4n) is 1.04. The Kier molecular flexibility index (Phi) is 3.72. The van der Waals surface area contributed by atoms with Gasteiger partial charge in [0.05, 0.1) is 12.7 Å². The highest BCUT2D eigenvalue weighted by atomic mass is 16.6. The predicted octanol–water partition coefficient (Wildman–Crippen LogP) is 3.02. The van der Waals surface area contributed by atoms with Crippen LogP contribution in [0.5, 0.6) is 0 Å². The summed E-state index contributed by atoms with van der Waals surface area (Å²) in [5.74, 6) is 0.504. The van der Waals surface area contributed by atoms with E-state index in [1.54, 1.807) is 24.5 Å². The van der Waals surface area contributed by atoms with Gasteiger partial charge in [-0.3, -0.25) is 4.79 Å². The van der Waals surface area contributed by atoms with Gasteiger partial charge in [-0.05, 0) is 39.0 Å². The lowest BCUT2D eigenvalue weighted by molar-refractivity contribution is -0.153. The van der Waals surface area contributed by atoms with Crippen LogP contribution in [0.25, 0.3) is 6.08 Å².